The van der Waals surface area contributed by atoms with Crippen molar-refractivity contribution >= 4 is 10.1 Å². The van der Waals surface area contributed by atoms with Crippen molar-refractivity contribution in [2.24, 2.45) is 3.50 Å². The monoisotopic (exact) mass is 767 g/mol. The maximum absolute atomic E-state index is 14.4. The van der Waals surface area contributed by atoms with Gasteiger partial charge in [-0.25, -0.2) is 0 Å². The van der Waals surface area contributed by atoms with E-state index in [9.17, 15) is 52.7 Å². The van der Waals surface area contributed by atoms with Crippen molar-refractivity contribution in [2.45, 2.75) is 109 Å². The number of halogens is 12. The third kappa shape index (κ3) is 8.11. The summed E-state index contributed by atoms with van der Waals surface area (Å²) in [7, 11) is 0. The van der Waals surface area contributed by atoms with Crippen LogP contribution in [0.3, 0.4) is 0 Å². The van der Waals surface area contributed by atoms with Crippen LogP contribution in [0.2, 0.25) is 0 Å². The molecule has 2 aromatic carbocycles. The van der Waals surface area contributed by atoms with Crippen LogP contribution in [0.25, 0.3) is 0 Å². The fourth-order valence-corrected chi connectivity index (χ4v) is 11.4. The molecule has 0 aromatic heterocycles. The molecule has 2 aromatic rings. The van der Waals surface area contributed by atoms with Gasteiger partial charge in [-0.15, -0.1) is 0 Å². The SMILES string of the molecule is CC(C)c1cccc(C(C)C)c1[N]=[Mo](=[CH]C(C)(C)c1ccccc1)([O]C(C)(C(F)(F)F)C(F)(F)F)[O]C(C)(C(F)(F)F)C(F)(F)F. The second-order valence-electron chi connectivity index (χ2n) is 12.1. The molecule has 0 aliphatic heterocycles. The molecule has 0 heterocycles. The summed E-state index contributed by atoms with van der Waals surface area (Å²) in [5.41, 5.74) is -12.5. The van der Waals surface area contributed by atoms with Crippen molar-refractivity contribution < 1.29 is 75.6 Å². The van der Waals surface area contributed by atoms with Crippen LogP contribution in [0.1, 0.15) is 83.9 Å². The van der Waals surface area contributed by atoms with Gasteiger partial charge in [-0.2, -0.15) is 0 Å². The fraction of sp³-hybridized carbons (Fsp3) is 0.567. The molecule has 0 bridgehead atoms. The van der Waals surface area contributed by atoms with E-state index < -0.39 is 88.9 Å². The number of benzene rings is 2. The summed E-state index contributed by atoms with van der Waals surface area (Å²) in [4.78, 5) is 0. The third-order valence-corrected chi connectivity index (χ3v) is 13.3. The summed E-state index contributed by atoms with van der Waals surface area (Å²) in [6, 6.07) is 11.2. The molecule has 0 aliphatic rings. The van der Waals surface area contributed by atoms with Crippen LogP contribution >= 0.6 is 0 Å². The Hall–Kier alpha value is -2.12. The molecular weight excluding hydrogens is 730 g/mol. The normalized spacial score (nSPS) is 14.7. The summed E-state index contributed by atoms with van der Waals surface area (Å²) < 4.78 is 186. The molecule has 0 amide bonds. The number of hydrogen-bond acceptors (Lipinski definition) is 3. The number of hydrogen-bond donors (Lipinski definition) is 0. The van der Waals surface area contributed by atoms with Crippen molar-refractivity contribution in [3.8, 4) is 0 Å². The number of alkyl halides is 12. The Morgan fingerprint density at radius 3 is 1.22 bits per heavy atom. The zero-order valence-electron chi connectivity index (χ0n) is 26.1. The van der Waals surface area contributed by atoms with Gasteiger partial charge < -0.3 is 0 Å². The van der Waals surface area contributed by atoms with Crippen LogP contribution in [0.5, 0.6) is 0 Å². The van der Waals surface area contributed by atoms with Gasteiger partial charge in [0.05, 0.1) is 0 Å². The standard InChI is InChI=1S/C12H17N.C10H12.2C4H3F6O.Mo/c1-8(2)10-6-5-7-11(9(3)4)12(10)13;1-10(2,3)9-7-5-4-6-8-9;2*1-2(11,3(5,6)7)4(8,9)10;/h5-9H,1-4H3;1,4-8H,2-3H3;2*1H3;/q;;2*-1;+2. The second kappa shape index (κ2) is 13.1. The molecular formula is C30H35F12MoNO2. The first-order chi connectivity index (χ1) is 20.4. The average molecular weight is 766 g/mol. The molecule has 0 unspecified atom stereocenters. The Labute approximate surface area is 262 Å². The fourth-order valence-electron chi connectivity index (χ4n) is 4.17. The Morgan fingerprint density at radius 2 is 0.913 bits per heavy atom. The van der Waals surface area contributed by atoms with E-state index in [-0.39, 0.29) is 16.7 Å². The molecule has 0 fully saturated rings. The van der Waals surface area contributed by atoms with Crippen molar-refractivity contribution in [1.82, 2.24) is 0 Å². The van der Waals surface area contributed by atoms with Crippen molar-refractivity contribution in [2.75, 3.05) is 0 Å². The van der Waals surface area contributed by atoms with Gasteiger partial charge in [0.2, 0.25) is 0 Å². The van der Waals surface area contributed by atoms with Crippen LogP contribution < -0.4 is 0 Å². The van der Waals surface area contributed by atoms with E-state index in [1.807, 2.05) is 0 Å². The zero-order valence-corrected chi connectivity index (χ0v) is 28.1. The summed E-state index contributed by atoms with van der Waals surface area (Å²) in [5.74, 6) is -1.18. The number of rotatable bonds is 9. The molecule has 16 heteroatoms. The second-order valence-corrected chi connectivity index (χ2v) is 16.5. The number of nitrogens with zero attached hydrogens (tertiary/aromatic N) is 1. The molecule has 0 aliphatic carbocycles. The van der Waals surface area contributed by atoms with Gasteiger partial charge in [-0.3, -0.25) is 0 Å². The topological polar surface area (TPSA) is 30.8 Å². The van der Waals surface area contributed by atoms with E-state index in [4.69, 9.17) is 6.78 Å². The van der Waals surface area contributed by atoms with Crippen molar-refractivity contribution in [3.05, 3.63) is 65.2 Å². The van der Waals surface area contributed by atoms with E-state index in [2.05, 4.69) is 3.50 Å². The van der Waals surface area contributed by atoms with Crippen LogP contribution in [-0.4, -0.2) is 40.3 Å². The Kier molecular flexibility index (Phi) is 11.4. The van der Waals surface area contributed by atoms with Gasteiger partial charge >= 0.3 is 263 Å². The van der Waals surface area contributed by atoms with E-state index in [0.29, 0.717) is 4.40 Å². The van der Waals surface area contributed by atoms with Crippen molar-refractivity contribution in [1.29, 1.82) is 0 Å². The molecule has 3 nitrogen and oxygen atoms in total. The van der Waals surface area contributed by atoms with Crippen molar-refractivity contribution in [3.63, 3.8) is 0 Å². The van der Waals surface area contributed by atoms with Crippen LogP contribution in [-0.2, 0) is 28.4 Å². The first kappa shape index (κ1) is 40.1. The predicted octanol–water partition coefficient (Wildman–Crippen LogP) is 11.3. The van der Waals surface area contributed by atoms with Gasteiger partial charge in [0.25, 0.3) is 0 Å². The van der Waals surface area contributed by atoms with Crippen LogP contribution in [0.15, 0.2) is 52.0 Å². The quantitative estimate of drug-likeness (QED) is 0.188. The minimum absolute atomic E-state index is 0.107. The van der Waals surface area contributed by atoms with Gasteiger partial charge in [0.15, 0.2) is 0 Å². The van der Waals surface area contributed by atoms with Crippen LogP contribution in [0.4, 0.5) is 58.4 Å². The summed E-state index contributed by atoms with van der Waals surface area (Å²) in [6.45, 7) is 7.56. The van der Waals surface area contributed by atoms with Gasteiger partial charge in [-0.1, -0.05) is 0 Å². The molecule has 0 saturated carbocycles. The summed E-state index contributed by atoms with van der Waals surface area (Å²) >= 11 is -7.43. The van der Waals surface area contributed by atoms with E-state index >= 15 is 0 Å². The molecule has 0 spiro atoms. The Balaban J connectivity index is 3.48. The van der Waals surface area contributed by atoms with E-state index in [1.54, 1.807) is 27.7 Å². The molecule has 2 rings (SSSR count). The summed E-state index contributed by atoms with van der Waals surface area (Å²) in [6.07, 6.45) is -25.6. The zero-order chi connectivity index (χ0) is 35.9. The van der Waals surface area contributed by atoms with Gasteiger partial charge in [0, 0.05) is 0 Å². The average Bonchev–Trinajstić information content (AvgIpc) is 2.86. The third-order valence-electron chi connectivity index (χ3n) is 7.26. The molecule has 0 N–H and O–H groups in total. The molecule has 0 atom stereocenters. The first-order valence-electron chi connectivity index (χ1n) is 13.7. The van der Waals surface area contributed by atoms with Gasteiger partial charge in [0.1, 0.15) is 0 Å². The Bertz CT molecular complexity index is 1380. The molecule has 262 valence electrons. The van der Waals surface area contributed by atoms with E-state index in [1.165, 1.54) is 62.4 Å². The predicted molar refractivity (Wildman–Crippen MR) is 145 cm³/mol. The van der Waals surface area contributed by atoms with E-state index in [0.717, 1.165) is 0 Å². The Morgan fingerprint density at radius 1 is 0.565 bits per heavy atom. The molecule has 0 saturated heterocycles. The summed E-state index contributed by atoms with van der Waals surface area (Å²) in [5, 5.41) is 0. The molecule has 46 heavy (non-hydrogen) atoms. The van der Waals surface area contributed by atoms with Gasteiger partial charge in [-0.05, 0) is 0 Å². The maximum atomic E-state index is 14.4. The molecule has 0 radical (unpaired) electrons. The minimum atomic E-state index is -7.43. The van der Waals surface area contributed by atoms with Crippen LogP contribution in [0, 0.1) is 0 Å². The first-order valence-corrected chi connectivity index (χ1v) is 17.4.